The molecule has 0 saturated carbocycles. The lowest BCUT2D eigenvalue weighted by Gasteiger charge is -2.35. The van der Waals surface area contributed by atoms with Gasteiger partial charge in [0.1, 0.15) is 17.5 Å². The second-order valence-electron chi connectivity index (χ2n) is 7.70. The van der Waals surface area contributed by atoms with E-state index in [2.05, 4.69) is 30.9 Å². The van der Waals surface area contributed by atoms with E-state index in [1.165, 1.54) is 0 Å². The van der Waals surface area contributed by atoms with E-state index in [1.54, 1.807) is 16.0 Å². The molecule has 1 aliphatic heterocycles. The Hall–Kier alpha value is -2.85. The smallest absolute Gasteiger partial charge is 0.191 e. The van der Waals surface area contributed by atoms with Gasteiger partial charge in [-0.05, 0) is 31.9 Å². The quantitative estimate of drug-likeness (QED) is 0.200. The maximum absolute atomic E-state index is 9.56. The molecule has 11 heteroatoms. The predicted octanol–water partition coefficient (Wildman–Crippen LogP) is 2.78. The standard InChI is InChI=1S/C22H27N9S.HI/c1-16-4-6-17(7-5-16)31-20(24)18(15-23)19(28-31)3-2-8-26-21(25)29-10-12-30(13-11-29)22-27-9-14-32-22;/h4-7,9,14H,2-3,8,10-13,24H2,1H3,(H2,25,26);1H. The molecular weight excluding hydrogens is 549 g/mol. The summed E-state index contributed by atoms with van der Waals surface area (Å²) in [7, 11) is 0. The monoisotopic (exact) mass is 577 g/mol. The number of thiazole rings is 1. The van der Waals surface area contributed by atoms with Gasteiger partial charge in [0.05, 0.1) is 11.4 Å². The van der Waals surface area contributed by atoms with E-state index in [-0.39, 0.29) is 24.0 Å². The molecule has 0 unspecified atom stereocenters. The summed E-state index contributed by atoms with van der Waals surface area (Å²) in [5.74, 6) is 0.932. The van der Waals surface area contributed by atoms with E-state index in [4.69, 9.17) is 11.5 Å². The number of aryl methyl sites for hydroxylation is 2. The summed E-state index contributed by atoms with van der Waals surface area (Å²) in [4.78, 5) is 13.3. The Bertz CT molecular complexity index is 1110. The van der Waals surface area contributed by atoms with Crippen molar-refractivity contribution >= 4 is 52.2 Å². The molecule has 174 valence electrons. The van der Waals surface area contributed by atoms with E-state index in [1.807, 2.05) is 42.8 Å². The van der Waals surface area contributed by atoms with Crippen molar-refractivity contribution in [3.05, 3.63) is 52.7 Å². The number of anilines is 2. The highest BCUT2D eigenvalue weighted by Gasteiger charge is 2.20. The molecule has 0 bridgehead atoms. The van der Waals surface area contributed by atoms with Crippen molar-refractivity contribution in [2.45, 2.75) is 19.8 Å². The van der Waals surface area contributed by atoms with Crippen molar-refractivity contribution in [1.82, 2.24) is 19.7 Å². The van der Waals surface area contributed by atoms with Gasteiger partial charge in [0.15, 0.2) is 11.1 Å². The Labute approximate surface area is 214 Å². The minimum Gasteiger partial charge on any atom is -0.382 e. The molecule has 4 N–H and O–H groups in total. The van der Waals surface area contributed by atoms with Crippen molar-refractivity contribution in [2.75, 3.05) is 43.4 Å². The first-order valence-electron chi connectivity index (χ1n) is 10.6. The zero-order valence-corrected chi connectivity index (χ0v) is 21.7. The lowest BCUT2D eigenvalue weighted by atomic mass is 10.1. The number of aromatic nitrogens is 3. The van der Waals surface area contributed by atoms with Crippen LogP contribution >= 0.6 is 35.3 Å². The summed E-state index contributed by atoms with van der Waals surface area (Å²) in [6.07, 6.45) is 3.18. The van der Waals surface area contributed by atoms with Gasteiger partial charge >= 0.3 is 0 Å². The number of benzene rings is 1. The maximum Gasteiger partial charge on any atom is 0.191 e. The number of hydrogen-bond acceptors (Lipinski definition) is 7. The van der Waals surface area contributed by atoms with Crippen LogP contribution in [-0.2, 0) is 6.42 Å². The molecule has 1 fully saturated rings. The van der Waals surface area contributed by atoms with Crippen LogP contribution in [-0.4, -0.2) is 58.3 Å². The van der Waals surface area contributed by atoms with E-state index in [0.29, 0.717) is 36.0 Å². The molecule has 0 radical (unpaired) electrons. The highest BCUT2D eigenvalue weighted by atomic mass is 127. The second kappa shape index (κ2) is 11.3. The molecule has 1 aliphatic rings. The molecule has 2 aromatic heterocycles. The fraction of sp³-hybridized carbons (Fsp3) is 0.364. The van der Waals surface area contributed by atoms with Gasteiger partial charge in [0.2, 0.25) is 0 Å². The number of aliphatic imine (C=N–C) groups is 1. The summed E-state index contributed by atoms with van der Waals surface area (Å²) in [5, 5.41) is 17.2. The Morgan fingerprint density at radius 1 is 1.21 bits per heavy atom. The van der Waals surface area contributed by atoms with Gasteiger partial charge in [-0.15, -0.1) is 35.3 Å². The van der Waals surface area contributed by atoms with Crippen LogP contribution in [0.25, 0.3) is 5.69 Å². The van der Waals surface area contributed by atoms with E-state index in [0.717, 1.165) is 49.0 Å². The van der Waals surface area contributed by atoms with E-state index < -0.39 is 0 Å². The third-order valence-corrected chi connectivity index (χ3v) is 6.36. The second-order valence-corrected chi connectivity index (χ2v) is 8.57. The molecule has 0 atom stereocenters. The van der Waals surface area contributed by atoms with Gasteiger partial charge in [-0.3, -0.25) is 4.99 Å². The number of piperazine rings is 1. The topological polar surface area (TPSA) is 125 Å². The van der Waals surface area contributed by atoms with Crippen molar-refractivity contribution < 1.29 is 0 Å². The van der Waals surface area contributed by atoms with E-state index in [9.17, 15) is 5.26 Å². The van der Waals surface area contributed by atoms with Gasteiger partial charge in [0, 0.05) is 44.3 Å². The van der Waals surface area contributed by atoms with Crippen molar-refractivity contribution in [1.29, 1.82) is 5.26 Å². The summed E-state index contributed by atoms with van der Waals surface area (Å²) >= 11 is 1.65. The Morgan fingerprint density at radius 2 is 1.94 bits per heavy atom. The molecule has 3 heterocycles. The highest BCUT2D eigenvalue weighted by Crippen LogP contribution is 2.22. The zero-order valence-electron chi connectivity index (χ0n) is 18.5. The van der Waals surface area contributed by atoms with Crippen LogP contribution in [0.2, 0.25) is 0 Å². The summed E-state index contributed by atoms with van der Waals surface area (Å²) < 4.78 is 1.63. The number of nitrogens with zero attached hydrogens (tertiary/aromatic N) is 7. The number of nitriles is 1. The van der Waals surface area contributed by atoms with Gasteiger partial charge in [-0.2, -0.15) is 10.4 Å². The molecule has 4 rings (SSSR count). The van der Waals surface area contributed by atoms with Crippen molar-refractivity contribution in [3.8, 4) is 11.8 Å². The third-order valence-electron chi connectivity index (χ3n) is 5.52. The van der Waals surface area contributed by atoms with Crippen LogP contribution in [0.4, 0.5) is 10.9 Å². The van der Waals surface area contributed by atoms with Crippen LogP contribution in [0.3, 0.4) is 0 Å². The van der Waals surface area contributed by atoms with Crippen molar-refractivity contribution in [3.63, 3.8) is 0 Å². The van der Waals surface area contributed by atoms with E-state index >= 15 is 0 Å². The molecule has 33 heavy (non-hydrogen) atoms. The Kier molecular flexibility index (Phi) is 8.51. The first-order valence-corrected chi connectivity index (χ1v) is 11.5. The van der Waals surface area contributed by atoms with Gasteiger partial charge in [0.25, 0.3) is 0 Å². The SMILES string of the molecule is Cc1ccc(-n2nc(CCCN=C(N)N3CCN(c4nccs4)CC3)c(C#N)c2N)cc1.I. The molecule has 0 aliphatic carbocycles. The summed E-state index contributed by atoms with van der Waals surface area (Å²) in [5.41, 5.74) is 15.5. The normalized spacial score (nSPS) is 14.1. The number of hydrogen-bond donors (Lipinski definition) is 2. The molecule has 1 aromatic carbocycles. The highest BCUT2D eigenvalue weighted by molar-refractivity contribution is 14.0. The van der Waals surface area contributed by atoms with Crippen LogP contribution in [0.1, 0.15) is 23.2 Å². The summed E-state index contributed by atoms with van der Waals surface area (Å²) in [6, 6.07) is 10.1. The average Bonchev–Trinajstić information content (AvgIpc) is 3.45. The van der Waals surface area contributed by atoms with Crippen molar-refractivity contribution in [2.24, 2.45) is 10.7 Å². The first-order chi connectivity index (χ1) is 15.6. The largest absolute Gasteiger partial charge is 0.382 e. The Balaban J connectivity index is 0.00000306. The number of rotatable bonds is 6. The van der Waals surface area contributed by atoms with Gasteiger partial charge in [-0.25, -0.2) is 9.67 Å². The minimum absolute atomic E-state index is 0. The fourth-order valence-electron chi connectivity index (χ4n) is 3.70. The predicted molar refractivity (Wildman–Crippen MR) is 144 cm³/mol. The van der Waals surface area contributed by atoms with Crippen LogP contribution in [0.15, 0.2) is 40.8 Å². The molecule has 9 nitrogen and oxygen atoms in total. The molecule has 1 saturated heterocycles. The Morgan fingerprint density at radius 3 is 2.58 bits per heavy atom. The lowest BCUT2D eigenvalue weighted by molar-refractivity contribution is 0.380. The maximum atomic E-state index is 9.56. The van der Waals surface area contributed by atoms with Gasteiger partial charge < -0.3 is 21.3 Å². The van der Waals surface area contributed by atoms with Gasteiger partial charge in [-0.1, -0.05) is 17.7 Å². The zero-order chi connectivity index (χ0) is 22.5. The fourth-order valence-corrected chi connectivity index (χ4v) is 4.39. The minimum atomic E-state index is 0. The summed E-state index contributed by atoms with van der Waals surface area (Å²) in [6.45, 7) is 6.00. The van der Waals surface area contributed by atoms with Crippen LogP contribution in [0.5, 0.6) is 0 Å². The lowest BCUT2D eigenvalue weighted by Crippen LogP contribution is -2.51. The molecule has 0 spiro atoms. The number of nitrogen functional groups attached to an aromatic ring is 1. The van der Waals surface area contributed by atoms with Crippen LogP contribution < -0.4 is 16.4 Å². The molecule has 0 amide bonds. The number of nitrogens with two attached hydrogens (primary N) is 2. The van der Waals surface area contributed by atoms with Crippen LogP contribution in [0, 0.1) is 18.3 Å². The average molecular weight is 578 g/mol. The third kappa shape index (κ3) is 5.75. The number of halogens is 1. The first kappa shape index (κ1) is 24.8. The molecular formula is C22H28IN9S. The number of guanidine groups is 1. The molecule has 3 aromatic rings.